The average Bonchev–Trinajstić information content (AvgIpc) is 3.66. The Morgan fingerprint density at radius 3 is 2.46 bits per heavy atom. The quantitative estimate of drug-likeness (QED) is 0.316. The Bertz CT molecular complexity index is 1770. The second-order valence-electron chi connectivity index (χ2n) is 19.1. The van der Waals surface area contributed by atoms with E-state index in [4.69, 9.17) is 4.98 Å². The fraction of sp³-hybridized carbons (Fsp3) is 0.705. The summed E-state index contributed by atoms with van der Waals surface area (Å²) in [5.41, 5.74) is 5.28. The van der Waals surface area contributed by atoms with Crippen LogP contribution in [0.15, 0.2) is 54.5 Å². The number of aliphatic hydroxyl groups is 1. The number of aromatic amines is 1. The summed E-state index contributed by atoms with van der Waals surface area (Å²) in [6.45, 7) is 20.3. The van der Waals surface area contributed by atoms with E-state index in [9.17, 15) is 5.11 Å². The highest BCUT2D eigenvalue weighted by atomic mass is 16.3. The van der Waals surface area contributed by atoms with E-state index in [2.05, 4.69) is 69.1 Å². The van der Waals surface area contributed by atoms with Crippen molar-refractivity contribution >= 4 is 5.91 Å². The van der Waals surface area contributed by atoms with Crippen LogP contribution in [-0.2, 0) is 4.79 Å². The van der Waals surface area contributed by atoms with E-state index in [-0.39, 0.29) is 44.6 Å². The van der Waals surface area contributed by atoms with Gasteiger partial charge in [0.2, 0.25) is 5.91 Å². The van der Waals surface area contributed by atoms with Gasteiger partial charge in [0.05, 0.1) is 29.5 Å². The van der Waals surface area contributed by atoms with Crippen molar-refractivity contribution in [3.05, 3.63) is 60.3 Å². The van der Waals surface area contributed by atoms with Crippen LogP contribution < -0.4 is 0 Å². The molecule has 9 rings (SSSR count). The van der Waals surface area contributed by atoms with Crippen molar-refractivity contribution in [2.24, 2.45) is 56.2 Å². The molecule has 6 aliphatic carbocycles. The van der Waals surface area contributed by atoms with Crippen molar-refractivity contribution in [2.75, 3.05) is 6.54 Å². The number of carbonyl (C=O) groups excluding carboxylic acids is 1. The normalized spacial score (nSPS) is 48.3. The summed E-state index contributed by atoms with van der Waals surface area (Å²) < 4.78 is 0. The van der Waals surface area contributed by atoms with Crippen LogP contribution in [0.5, 0.6) is 0 Å². The van der Waals surface area contributed by atoms with E-state index in [1.807, 2.05) is 30.7 Å². The van der Waals surface area contributed by atoms with Gasteiger partial charge >= 0.3 is 0 Å². The summed E-state index contributed by atoms with van der Waals surface area (Å²) in [6.07, 6.45) is 20.9. The zero-order chi connectivity index (χ0) is 35.1. The number of likely N-dealkylation sites (tertiary alicyclic amines) is 1. The van der Waals surface area contributed by atoms with E-state index in [0.717, 1.165) is 75.0 Å². The second kappa shape index (κ2) is 10.7. The van der Waals surface area contributed by atoms with Gasteiger partial charge in [-0.1, -0.05) is 51.5 Å². The molecule has 1 spiro atoms. The first-order chi connectivity index (χ1) is 23.8. The van der Waals surface area contributed by atoms with Crippen molar-refractivity contribution in [3.63, 3.8) is 0 Å². The van der Waals surface area contributed by atoms with Gasteiger partial charge in [-0.15, -0.1) is 0 Å². The number of fused-ring (bicyclic) bond motifs is 6. The molecule has 6 saturated carbocycles. The third-order valence-corrected chi connectivity index (χ3v) is 18.1. The maximum atomic E-state index is 15.4. The molecule has 0 radical (unpaired) electrons. The van der Waals surface area contributed by atoms with Crippen molar-refractivity contribution in [2.45, 2.75) is 131 Å². The molecule has 50 heavy (non-hydrogen) atoms. The molecule has 7 fully saturated rings. The number of H-pyrrole nitrogens is 1. The lowest BCUT2D eigenvalue weighted by atomic mass is 9.32. The Morgan fingerprint density at radius 1 is 0.960 bits per heavy atom. The molecule has 1 amide bonds. The van der Waals surface area contributed by atoms with Gasteiger partial charge in [0.25, 0.3) is 0 Å². The predicted molar refractivity (Wildman–Crippen MR) is 198 cm³/mol. The number of hydrogen-bond donors (Lipinski definition) is 2. The number of aliphatic hydroxyl groups excluding tert-OH is 1. The van der Waals surface area contributed by atoms with Crippen LogP contribution in [0.2, 0.25) is 0 Å². The number of allylic oxidation sites excluding steroid dienone is 2. The van der Waals surface area contributed by atoms with Crippen LogP contribution in [0.3, 0.4) is 0 Å². The number of nitrogens with one attached hydrogen (secondary N) is 1. The van der Waals surface area contributed by atoms with Crippen molar-refractivity contribution in [1.82, 2.24) is 19.9 Å². The van der Waals surface area contributed by atoms with Crippen molar-refractivity contribution < 1.29 is 9.90 Å². The van der Waals surface area contributed by atoms with Gasteiger partial charge in [-0.05, 0) is 143 Å². The van der Waals surface area contributed by atoms with Crippen LogP contribution >= 0.6 is 0 Å². The number of amides is 1. The molecule has 6 nitrogen and oxygen atoms in total. The van der Waals surface area contributed by atoms with Gasteiger partial charge in [0.15, 0.2) is 0 Å². The lowest BCUT2D eigenvalue weighted by Crippen LogP contribution is -2.66. The summed E-state index contributed by atoms with van der Waals surface area (Å²) >= 11 is 0. The van der Waals surface area contributed by atoms with E-state index in [1.165, 1.54) is 31.3 Å². The van der Waals surface area contributed by atoms with E-state index in [0.29, 0.717) is 29.6 Å². The zero-order valence-corrected chi connectivity index (χ0v) is 31.5. The van der Waals surface area contributed by atoms with E-state index in [1.54, 1.807) is 5.57 Å². The van der Waals surface area contributed by atoms with Crippen molar-refractivity contribution in [1.29, 1.82) is 0 Å². The highest BCUT2D eigenvalue weighted by Crippen LogP contribution is 2.89. The maximum absolute atomic E-state index is 15.4. The minimum absolute atomic E-state index is 0.00311. The number of carbonyl (C=O) groups is 1. The number of nitrogens with zero attached hydrogens (tertiary/aromatic N) is 3. The molecule has 12 atom stereocenters. The first kappa shape index (κ1) is 33.1. The highest BCUT2D eigenvalue weighted by Gasteiger charge is 2.84. The average molecular weight is 677 g/mol. The molecule has 1 saturated heterocycles. The standard InChI is InChI=1S/C44H60N4O2/c1-8-33-42(7)35(49)14-17-41(6)34-12-11-30-36-29(27(2)3)13-18-43(36,21-19-39(30,4)40(34,5)20-22-44(33,41)42)38(50)48-25-9-10-32(48)37-46-26-31(47-37)28-15-23-45-24-16-28/h8,15-16,23-24,26,29-30,32,34-36,49H,2,9-14,17-22,25H2,1,3-7H3,(H,46,47)/b33-8-/t29-,30+,32?,34?,35-,36?,39+,40+,41?,42?,43-,44?/m0/s1. The van der Waals surface area contributed by atoms with Gasteiger partial charge in [-0.3, -0.25) is 9.78 Å². The highest BCUT2D eigenvalue weighted by molar-refractivity contribution is 5.84. The number of pyridine rings is 1. The first-order valence-electron chi connectivity index (χ1n) is 20.1. The Hall–Kier alpha value is -2.73. The first-order valence-corrected chi connectivity index (χ1v) is 20.1. The second-order valence-corrected chi connectivity index (χ2v) is 19.1. The molecule has 2 aromatic rings. The molecule has 0 aromatic carbocycles. The van der Waals surface area contributed by atoms with Gasteiger partial charge in [-0.25, -0.2) is 4.98 Å². The molecule has 2 N–H and O–H groups in total. The summed E-state index contributed by atoms with van der Waals surface area (Å²) in [5, 5.41) is 11.4. The third kappa shape index (κ3) is 3.73. The number of hydrogen-bond acceptors (Lipinski definition) is 4. The van der Waals surface area contributed by atoms with Crippen LogP contribution in [0.4, 0.5) is 0 Å². The molecule has 6 heteroatoms. The van der Waals surface area contributed by atoms with Crippen LogP contribution in [-0.4, -0.2) is 43.5 Å². The third-order valence-electron chi connectivity index (χ3n) is 18.1. The fourth-order valence-corrected chi connectivity index (χ4v) is 15.7. The molecule has 1 aliphatic heterocycles. The Kier molecular flexibility index (Phi) is 7.07. The summed E-state index contributed by atoms with van der Waals surface area (Å²) in [7, 11) is 0. The lowest BCUT2D eigenvalue weighted by Gasteiger charge is -2.72. The van der Waals surface area contributed by atoms with Gasteiger partial charge in [0.1, 0.15) is 5.82 Å². The Labute approximate surface area is 300 Å². The van der Waals surface area contributed by atoms with Crippen LogP contribution in [0.1, 0.15) is 130 Å². The smallest absolute Gasteiger partial charge is 0.229 e. The largest absolute Gasteiger partial charge is 0.392 e. The molecule has 0 bridgehead atoms. The number of imidazole rings is 1. The van der Waals surface area contributed by atoms with E-state index >= 15 is 4.79 Å². The Morgan fingerprint density at radius 2 is 1.72 bits per heavy atom. The summed E-state index contributed by atoms with van der Waals surface area (Å²) in [5.74, 6) is 3.25. The molecular formula is C44H60N4O2. The van der Waals surface area contributed by atoms with Gasteiger partial charge in [0, 0.05) is 35.3 Å². The molecule has 268 valence electrons. The summed E-state index contributed by atoms with van der Waals surface area (Å²) in [6, 6.07) is 4.02. The predicted octanol–water partition coefficient (Wildman–Crippen LogP) is 9.46. The van der Waals surface area contributed by atoms with Gasteiger partial charge < -0.3 is 15.0 Å². The number of aromatic nitrogens is 3. The molecule has 2 aromatic heterocycles. The molecule has 7 aliphatic rings. The maximum Gasteiger partial charge on any atom is 0.229 e. The molecule has 3 heterocycles. The van der Waals surface area contributed by atoms with E-state index < -0.39 is 0 Å². The minimum atomic E-state index is -0.317. The van der Waals surface area contributed by atoms with Crippen LogP contribution in [0.25, 0.3) is 11.3 Å². The molecular weight excluding hydrogens is 617 g/mol. The Balaban J connectivity index is 1.06. The lowest BCUT2D eigenvalue weighted by molar-refractivity contribution is -0.237. The summed E-state index contributed by atoms with van der Waals surface area (Å²) in [4.78, 5) is 30.3. The zero-order valence-electron chi connectivity index (χ0n) is 31.5. The number of rotatable bonds is 4. The molecule has 6 unspecified atom stereocenters. The van der Waals surface area contributed by atoms with Gasteiger partial charge in [-0.2, -0.15) is 0 Å². The SMILES string of the molecule is C=C(C)[C@@H]1CC[C@]2(C(=O)N3CCCC3c3ncc(-c4ccncc4)[nH]3)CC[C@]3(C)[C@H](CCC4C5(C)CC[C@H](O)C6(C)/C(=C/C)C56CC[C@]43C)C12. The van der Waals surface area contributed by atoms with Crippen LogP contribution in [0, 0.1) is 56.2 Å². The topological polar surface area (TPSA) is 82.1 Å². The fourth-order valence-electron chi connectivity index (χ4n) is 15.7. The van der Waals surface area contributed by atoms with Crippen molar-refractivity contribution in [3.8, 4) is 11.3 Å². The monoisotopic (exact) mass is 676 g/mol. The minimum Gasteiger partial charge on any atom is -0.392 e.